The van der Waals surface area contributed by atoms with Gasteiger partial charge in [0.1, 0.15) is 12.4 Å². The lowest BCUT2D eigenvalue weighted by Gasteiger charge is -2.43. The van der Waals surface area contributed by atoms with E-state index in [1.165, 1.54) is 48.8 Å². The van der Waals surface area contributed by atoms with E-state index in [9.17, 15) is 0 Å². The van der Waals surface area contributed by atoms with Crippen LogP contribution in [0.15, 0.2) is 60.8 Å². The van der Waals surface area contributed by atoms with Crippen LogP contribution in [0.25, 0.3) is 0 Å². The van der Waals surface area contributed by atoms with Gasteiger partial charge in [-0.05, 0) is 74.8 Å². The number of anilines is 1. The Labute approximate surface area is 208 Å². The van der Waals surface area contributed by atoms with E-state index >= 15 is 0 Å². The Hall–Kier alpha value is -2.92. The van der Waals surface area contributed by atoms with Gasteiger partial charge in [-0.25, -0.2) is 9.97 Å². The minimum Gasteiger partial charge on any atom is -0.487 e. The van der Waals surface area contributed by atoms with E-state index in [2.05, 4.69) is 65.3 Å². The van der Waals surface area contributed by atoms with Gasteiger partial charge in [-0.3, -0.25) is 0 Å². The smallest absolute Gasteiger partial charge is 0.225 e. The van der Waals surface area contributed by atoms with E-state index < -0.39 is 0 Å². The van der Waals surface area contributed by atoms with E-state index in [0.717, 1.165) is 49.9 Å². The van der Waals surface area contributed by atoms with Gasteiger partial charge in [0.25, 0.3) is 0 Å². The molecule has 1 saturated carbocycles. The Morgan fingerprint density at radius 1 is 0.857 bits per heavy atom. The summed E-state index contributed by atoms with van der Waals surface area (Å²) in [4.78, 5) is 11.6. The average Bonchev–Trinajstić information content (AvgIpc) is 3.32. The number of piperidine rings is 1. The second-order valence-electron chi connectivity index (χ2n) is 10.6. The number of benzene rings is 2. The highest BCUT2D eigenvalue weighted by atomic mass is 16.5. The molecule has 35 heavy (non-hydrogen) atoms. The fraction of sp³-hybridized carbons (Fsp3) is 0.467. The summed E-state index contributed by atoms with van der Waals surface area (Å²) in [5, 5.41) is 0. The monoisotopic (exact) mass is 469 g/mol. The van der Waals surface area contributed by atoms with Gasteiger partial charge in [0, 0.05) is 31.3 Å². The Morgan fingerprint density at radius 2 is 1.57 bits per heavy atom. The highest BCUT2D eigenvalue weighted by Crippen LogP contribution is 2.49. The summed E-state index contributed by atoms with van der Waals surface area (Å²) >= 11 is 0. The van der Waals surface area contributed by atoms with E-state index in [4.69, 9.17) is 14.5 Å². The van der Waals surface area contributed by atoms with E-state index in [-0.39, 0.29) is 11.0 Å². The zero-order chi connectivity index (χ0) is 23.7. The van der Waals surface area contributed by atoms with Crippen LogP contribution in [0.3, 0.4) is 0 Å². The number of hydrogen-bond donors (Lipinski definition) is 0. The molecule has 0 amide bonds. The van der Waals surface area contributed by atoms with Crippen LogP contribution in [-0.2, 0) is 16.8 Å². The third-order valence-electron chi connectivity index (χ3n) is 8.45. The Balaban J connectivity index is 1.09. The summed E-state index contributed by atoms with van der Waals surface area (Å²) in [6, 6.07) is 19.7. The second-order valence-corrected chi connectivity index (χ2v) is 10.6. The number of aryl methyl sites for hydroxylation is 1. The van der Waals surface area contributed by atoms with Gasteiger partial charge >= 0.3 is 0 Å². The maximum absolute atomic E-state index is 6.12. The molecule has 3 heterocycles. The molecule has 0 unspecified atom stereocenters. The fourth-order valence-electron chi connectivity index (χ4n) is 6.06. The van der Waals surface area contributed by atoms with Crippen molar-refractivity contribution >= 4 is 5.95 Å². The van der Waals surface area contributed by atoms with Crippen LogP contribution in [0.4, 0.5) is 5.95 Å². The lowest BCUT2D eigenvalue weighted by atomic mass is 9.60. The van der Waals surface area contributed by atoms with Crippen molar-refractivity contribution in [2.24, 2.45) is 0 Å². The lowest BCUT2D eigenvalue weighted by molar-refractivity contribution is -0.0148. The number of rotatable bonds is 6. The van der Waals surface area contributed by atoms with Gasteiger partial charge in [-0.15, -0.1) is 0 Å². The molecule has 3 aliphatic rings. The molecular weight excluding hydrogens is 434 g/mol. The molecule has 3 aromatic rings. The highest BCUT2D eigenvalue weighted by molar-refractivity contribution is 5.44. The van der Waals surface area contributed by atoms with Gasteiger partial charge in [-0.2, -0.15) is 0 Å². The predicted molar refractivity (Wildman–Crippen MR) is 138 cm³/mol. The molecule has 5 nitrogen and oxygen atoms in total. The summed E-state index contributed by atoms with van der Waals surface area (Å²) in [5.41, 5.74) is 5.31. The highest BCUT2D eigenvalue weighted by Gasteiger charge is 2.40. The number of hydrogen-bond acceptors (Lipinski definition) is 5. The van der Waals surface area contributed by atoms with Gasteiger partial charge in [0.15, 0.2) is 0 Å². The zero-order valence-electron chi connectivity index (χ0n) is 20.7. The first-order valence-electron chi connectivity index (χ1n) is 13.2. The molecule has 182 valence electrons. The predicted octanol–water partition coefficient (Wildman–Crippen LogP) is 5.98. The van der Waals surface area contributed by atoms with Crippen molar-refractivity contribution in [2.45, 2.75) is 69.5 Å². The standard InChI is InChI=1S/C30H35N3O2/c1-23-4-6-24(7-5-23)30(14-2-15-30)25-8-10-27(11-9-25)34-22-26-12-18-31-28(32-26)33-19-16-29(17-20-33)13-3-21-35-29/h4-12,18H,2-3,13-17,19-22H2,1H3. The van der Waals surface area contributed by atoms with Gasteiger partial charge in [0.2, 0.25) is 5.95 Å². The topological polar surface area (TPSA) is 47.5 Å². The minimum absolute atomic E-state index is 0.112. The first-order valence-corrected chi connectivity index (χ1v) is 13.2. The van der Waals surface area contributed by atoms with Crippen molar-refractivity contribution in [3.63, 3.8) is 0 Å². The second kappa shape index (κ2) is 9.27. The summed E-state index contributed by atoms with van der Waals surface area (Å²) in [6.07, 6.45) is 10.1. The third-order valence-corrected chi connectivity index (χ3v) is 8.45. The summed E-state index contributed by atoms with van der Waals surface area (Å²) in [5.74, 6) is 1.69. The first kappa shape index (κ1) is 22.5. The van der Waals surface area contributed by atoms with Crippen molar-refractivity contribution in [3.8, 4) is 5.75 Å². The lowest BCUT2D eigenvalue weighted by Crippen LogP contribution is -2.44. The van der Waals surface area contributed by atoms with Crippen molar-refractivity contribution in [3.05, 3.63) is 83.2 Å². The van der Waals surface area contributed by atoms with E-state index in [0.29, 0.717) is 6.61 Å². The maximum Gasteiger partial charge on any atom is 0.225 e. The van der Waals surface area contributed by atoms with Crippen LogP contribution in [0.5, 0.6) is 5.75 Å². The van der Waals surface area contributed by atoms with E-state index in [1.807, 2.05) is 12.3 Å². The fourth-order valence-corrected chi connectivity index (χ4v) is 6.06. The maximum atomic E-state index is 6.12. The Bertz CT molecular complexity index is 1140. The van der Waals surface area contributed by atoms with Crippen LogP contribution >= 0.6 is 0 Å². The molecule has 0 radical (unpaired) electrons. The summed E-state index contributed by atoms with van der Waals surface area (Å²) in [6.45, 7) is 5.41. The number of aromatic nitrogens is 2. The normalized spacial score (nSPS) is 20.5. The SMILES string of the molecule is Cc1ccc(C2(c3ccc(OCc4ccnc(N5CCC6(CCCO6)CC5)n4)cc3)CCC2)cc1. The molecule has 0 N–H and O–H groups in total. The van der Waals surface area contributed by atoms with Crippen molar-refractivity contribution < 1.29 is 9.47 Å². The molecule has 1 spiro atoms. The molecule has 2 saturated heterocycles. The molecule has 2 aromatic carbocycles. The van der Waals surface area contributed by atoms with Gasteiger partial charge in [-0.1, -0.05) is 48.4 Å². The quantitative estimate of drug-likeness (QED) is 0.444. The van der Waals surface area contributed by atoms with Gasteiger partial charge in [0.05, 0.1) is 11.3 Å². The van der Waals surface area contributed by atoms with Crippen molar-refractivity contribution in [1.82, 2.24) is 9.97 Å². The largest absolute Gasteiger partial charge is 0.487 e. The van der Waals surface area contributed by atoms with Crippen LogP contribution in [0.2, 0.25) is 0 Å². The summed E-state index contributed by atoms with van der Waals surface area (Å²) in [7, 11) is 0. The number of nitrogens with zero attached hydrogens (tertiary/aromatic N) is 3. The van der Waals surface area contributed by atoms with Gasteiger partial charge < -0.3 is 14.4 Å². The van der Waals surface area contributed by atoms with Crippen LogP contribution in [-0.4, -0.2) is 35.3 Å². The van der Waals surface area contributed by atoms with Crippen molar-refractivity contribution in [2.75, 3.05) is 24.6 Å². The molecule has 2 aliphatic heterocycles. The van der Waals surface area contributed by atoms with Crippen molar-refractivity contribution in [1.29, 1.82) is 0 Å². The molecule has 1 aliphatic carbocycles. The molecule has 0 bridgehead atoms. The molecule has 6 rings (SSSR count). The third kappa shape index (κ3) is 4.42. The number of ether oxygens (including phenoxy) is 2. The Morgan fingerprint density at radius 3 is 2.20 bits per heavy atom. The first-order chi connectivity index (χ1) is 17.1. The molecule has 0 atom stereocenters. The van der Waals surface area contributed by atoms with Crippen LogP contribution in [0.1, 0.15) is 67.3 Å². The zero-order valence-corrected chi connectivity index (χ0v) is 20.7. The van der Waals surface area contributed by atoms with E-state index in [1.54, 1.807) is 0 Å². The molecular formula is C30H35N3O2. The average molecular weight is 470 g/mol. The Kier molecular flexibility index (Phi) is 5.97. The molecule has 3 fully saturated rings. The van der Waals surface area contributed by atoms with Crippen LogP contribution < -0.4 is 9.64 Å². The molecule has 1 aromatic heterocycles. The molecule has 5 heteroatoms. The summed E-state index contributed by atoms with van der Waals surface area (Å²) < 4.78 is 12.2. The van der Waals surface area contributed by atoms with Crippen LogP contribution in [0, 0.1) is 6.92 Å². The minimum atomic E-state index is 0.112.